The minimum absolute atomic E-state index is 0. The quantitative estimate of drug-likeness (QED) is 0.858. The van der Waals surface area contributed by atoms with Crippen molar-refractivity contribution in [2.24, 2.45) is 17.1 Å². The van der Waals surface area contributed by atoms with Crippen LogP contribution in [0.2, 0.25) is 0 Å². The second kappa shape index (κ2) is 9.07. The van der Waals surface area contributed by atoms with Gasteiger partial charge in [0.05, 0.1) is 5.41 Å². The van der Waals surface area contributed by atoms with Crippen molar-refractivity contribution < 1.29 is 9.59 Å². The maximum atomic E-state index is 13.2. The van der Waals surface area contributed by atoms with Crippen molar-refractivity contribution in [1.29, 1.82) is 0 Å². The van der Waals surface area contributed by atoms with Gasteiger partial charge in [0.1, 0.15) is 0 Å². The number of rotatable bonds is 3. The first-order valence-electron chi connectivity index (χ1n) is 9.80. The maximum Gasteiger partial charge on any atom is 0.253 e. The molecule has 1 aromatic rings. The van der Waals surface area contributed by atoms with E-state index in [0.717, 1.165) is 45.3 Å². The summed E-state index contributed by atoms with van der Waals surface area (Å²) in [7, 11) is 0. The molecule has 2 fully saturated rings. The van der Waals surface area contributed by atoms with Crippen molar-refractivity contribution in [3.05, 3.63) is 35.9 Å². The van der Waals surface area contributed by atoms with E-state index in [1.807, 2.05) is 47.1 Å². The average molecular weight is 394 g/mol. The Kier molecular flexibility index (Phi) is 7.29. The Morgan fingerprint density at radius 1 is 1.11 bits per heavy atom. The molecule has 2 aliphatic heterocycles. The van der Waals surface area contributed by atoms with Crippen LogP contribution in [0.15, 0.2) is 30.3 Å². The second-order valence-corrected chi connectivity index (χ2v) is 8.25. The summed E-state index contributed by atoms with van der Waals surface area (Å²) in [6, 6.07) is 9.54. The summed E-state index contributed by atoms with van der Waals surface area (Å²) in [4.78, 5) is 29.9. The molecule has 0 bridgehead atoms. The minimum Gasteiger partial charge on any atom is -0.342 e. The van der Waals surface area contributed by atoms with E-state index < -0.39 is 5.41 Å². The summed E-state index contributed by atoms with van der Waals surface area (Å²) in [6.07, 6.45) is 3.67. The molecule has 27 heavy (non-hydrogen) atoms. The third kappa shape index (κ3) is 4.82. The van der Waals surface area contributed by atoms with E-state index in [1.165, 1.54) is 0 Å². The Morgan fingerprint density at radius 3 is 2.33 bits per heavy atom. The van der Waals surface area contributed by atoms with Gasteiger partial charge in [-0.25, -0.2) is 0 Å². The number of benzene rings is 1. The molecule has 0 aromatic heterocycles. The number of likely N-dealkylation sites (tertiary alicyclic amines) is 2. The highest BCUT2D eigenvalue weighted by atomic mass is 35.5. The number of nitrogens with zero attached hydrogens (tertiary/aromatic N) is 2. The van der Waals surface area contributed by atoms with Gasteiger partial charge >= 0.3 is 0 Å². The topological polar surface area (TPSA) is 66.6 Å². The zero-order valence-corrected chi connectivity index (χ0v) is 17.2. The lowest BCUT2D eigenvalue weighted by atomic mass is 9.79. The zero-order valence-electron chi connectivity index (χ0n) is 16.4. The summed E-state index contributed by atoms with van der Waals surface area (Å²) in [5.41, 5.74) is 6.23. The number of halogens is 1. The van der Waals surface area contributed by atoms with E-state index in [0.29, 0.717) is 18.0 Å². The highest BCUT2D eigenvalue weighted by molar-refractivity contribution is 5.95. The van der Waals surface area contributed by atoms with E-state index in [1.54, 1.807) is 0 Å². The van der Waals surface area contributed by atoms with Gasteiger partial charge in [0, 0.05) is 37.8 Å². The fourth-order valence-corrected chi connectivity index (χ4v) is 4.36. The third-order valence-electron chi connectivity index (χ3n) is 6.09. The van der Waals surface area contributed by atoms with Crippen LogP contribution < -0.4 is 5.73 Å². The molecular formula is C21H32ClN3O2. The van der Waals surface area contributed by atoms with Gasteiger partial charge < -0.3 is 15.5 Å². The first-order chi connectivity index (χ1) is 12.4. The second-order valence-electron chi connectivity index (χ2n) is 8.25. The van der Waals surface area contributed by atoms with Crippen molar-refractivity contribution in [2.45, 2.75) is 45.6 Å². The summed E-state index contributed by atoms with van der Waals surface area (Å²) in [5, 5.41) is 0. The number of hydrogen-bond donors (Lipinski definition) is 1. The highest BCUT2D eigenvalue weighted by Gasteiger charge is 2.42. The van der Waals surface area contributed by atoms with Crippen molar-refractivity contribution in [3.63, 3.8) is 0 Å². The average Bonchev–Trinajstić information content (AvgIpc) is 2.67. The van der Waals surface area contributed by atoms with Gasteiger partial charge in [-0.05, 0) is 57.6 Å². The van der Waals surface area contributed by atoms with Gasteiger partial charge in [-0.2, -0.15) is 0 Å². The van der Waals surface area contributed by atoms with E-state index in [-0.39, 0.29) is 30.3 Å². The maximum absolute atomic E-state index is 13.2. The molecule has 150 valence electrons. The summed E-state index contributed by atoms with van der Waals surface area (Å²) < 4.78 is 0. The highest BCUT2D eigenvalue weighted by Crippen LogP contribution is 2.34. The molecule has 0 spiro atoms. The largest absolute Gasteiger partial charge is 0.342 e. The monoisotopic (exact) mass is 393 g/mol. The lowest BCUT2D eigenvalue weighted by Crippen LogP contribution is -2.54. The fourth-order valence-electron chi connectivity index (χ4n) is 4.36. The minimum atomic E-state index is -0.482. The van der Waals surface area contributed by atoms with Crippen LogP contribution in [-0.2, 0) is 4.79 Å². The third-order valence-corrected chi connectivity index (χ3v) is 6.09. The van der Waals surface area contributed by atoms with E-state index in [4.69, 9.17) is 5.73 Å². The molecule has 2 N–H and O–H groups in total. The van der Waals surface area contributed by atoms with Crippen LogP contribution in [0.5, 0.6) is 0 Å². The number of carbonyl (C=O) groups is 2. The molecular weight excluding hydrogens is 362 g/mol. The molecule has 2 heterocycles. The zero-order chi connectivity index (χ0) is 18.7. The number of nitrogens with two attached hydrogens (primary N) is 1. The van der Waals surface area contributed by atoms with Crippen LogP contribution in [0.1, 0.15) is 49.9 Å². The molecule has 2 amide bonds. The summed E-state index contributed by atoms with van der Waals surface area (Å²) in [5.74, 6) is 0.737. The molecule has 2 unspecified atom stereocenters. The fraction of sp³-hybridized carbons (Fsp3) is 0.619. The smallest absolute Gasteiger partial charge is 0.253 e. The van der Waals surface area contributed by atoms with E-state index in [9.17, 15) is 9.59 Å². The molecule has 2 saturated heterocycles. The first kappa shape index (κ1) is 21.7. The molecule has 0 aliphatic carbocycles. The van der Waals surface area contributed by atoms with E-state index >= 15 is 0 Å². The summed E-state index contributed by atoms with van der Waals surface area (Å²) >= 11 is 0. The van der Waals surface area contributed by atoms with E-state index in [2.05, 4.69) is 6.92 Å². The van der Waals surface area contributed by atoms with Crippen LogP contribution >= 0.6 is 12.4 Å². The van der Waals surface area contributed by atoms with Gasteiger partial charge in [0.15, 0.2) is 0 Å². The Balaban J connectivity index is 0.00000261. The van der Waals surface area contributed by atoms with Crippen molar-refractivity contribution in [2.75, 3.05) is 26.2 Å². The van der Waals surface area contributed by atoms with Crippen LogP contribution in [0.4, 0.5) is 0 Å². The molecule has 1 aromatic carbocycles. The Morgan fingerprint density at radius 2 is 1.74 bits per heavy atom. The Labute approximate surface area is 168 Å². The lowest BCUT2D eigenvalue weighted by Gasteiger charge is -2.44. The van der Waals surface area contributed by atoms with Gasteiger partial charge in [0.2, 0.25) is 5.91 Å². The van der Waals surface area contributed by atoms with Crippen molar-refractivity contribution in [3.8, 4) is 0 Å². The Hall–Kier alpha value is -1.59. The predicted molar refractivity (Wildman–Crippen MR) is 110 cm³/mol. The molecule has 0 radical (unpaired) electrons. The molecule has 2 aliphatic rings. The Bertz CT molecular complexity index is 644. The van der Waals surface area contributed by atoms with Crippen LogP contribution in [0.25, 0.3) is 0 Å². The van der Waals surface area contributed by atoms with Crippen LogP contribution in [0, 0.1) is 11.3 Å². The number of amides is 2. The van der Waals surface area contributed by atoms with Crippen LogP contribution in [0.3, 0.4) is 0 Å². The molecule has 3 rings (SSSR count). The number of piperidine rings is 2. The lowest BCUT2D eigenvalue weighted by molar-refractivity contribution is -0.145. The molecule has 0 saturated carbocycles. The molecule has 6 heteroatoms. The van der Waals surface area contributed by atoms with Crippen molar-refractivity contribution >= 4 is 24.2 Å². The standard InChI is InChI=1S/C21H31N3O2.ClH/c1-16(22)17-9-13-23(14-10-17)20(26)21(2)11-6-12-24(15-21)19(25)18-7-4-3-5-8-18;/h3-5,7-8,16-17H,6,9-15,22H2,1-2H3;1H. The van der Waals surface area contributed by atoms with Gasteiger partial charge in [-0.15, -0.1) is 12.4 Å². The molecule has 2 atom stereocenters. The first-order valence-corrected chi connectivity index (χ1v) is 9.80. The SMILES string of the molecule is CC(N)C1CCN(C(=O)C2(C)CCCN(C(=O)c3ccccc3)C2)CC1.Cl. The van der Waals surface area contributed by atoms with Crippen LogP contribution in [-0.4, -0.2) is 53.8 Å². The summed E-state index contributed by atoms with van der Waals surface area (Å²) in [6.45, 7) is 6.88. The number of carbonyl (C=O) groups excluding carboxylic acids is 2. The van der Waals surface area contributed by atoms with Gasteiger partial charge in [0.25, 0.3) is 5.91 Å². The molecule has 5 nitrogen and oxygen atoms in total. The predicted octanol–water partition coefficient (Wildman–Crippen LogP) is 2.94. The van der Waals surface area contributed by atoms with Gasteiger partial charge in [-0.1, -0.05) is 18.2 Å². The van der Waals surface area contributed by atoms with Crippen molar-refractivity contribution in [1.82, 2.24) is 9.80 Å². The van der Waals surface area contributed by atoms with Gasteiger partial charge in [-0.3, -0.25) is 9.59 Å². The number of hydrogen-bond acceptors (Lipinski definition) is 3. The normalized spacial score (nSPS) is 24.9.